The lowest BCUT2D eigenvalue weighted by molar-refractivity contribution is -0.138. The molecule has 1 rings (SSSR count). The standard InChI is InChI=1S/C8H10N2O3/c1-13-6-4-2-3-5(10-6)7(9)8(11)12/h2-4,7H,9H2,1H3,(H,11,12)/t7-/m0/s1. The Kier molecular flexibility index (Phi) is 2.81. The van der Waals surface area contributed by atoms with Crippen LogP contribution in [0.3, 0.4) is 0 Å². The first-order valence-electron chi connectivity index (χ1n) is 3.64. The highest BCUT2D eigenvalue weighted by molar-refractivity contribution is 5.74. The molecule has 3 N–H and O–H groups in total. The summed E-state index contributed by atoms with van der Waals surface area (Å²) in [7, 11) is 1.46. The van der Waals surface area contributed by atoms with Crippen LogP contribution >= 0.6 is 0 Å². The van der Waals surface area contributed by atoms with Gasteiger partial charge in [-0.05, 0) is 6.07 Å². The first-order valence-corrected chi connectivity index (χ1v) is 3.64. The third-order valence-electron chi connectivity index (χ3n) is 1.54. The highest BCUT2D eigenvalue weighted by Crippen LogP contribution is 2.12. The molecule has 1 aromatic rings. The van der Waals surface area contributed by atoms with Crippen LogP contribution in [0.15, 0.2) is 18.2 Å². The minimum Gasteiger partial charge on any atom is -0.481 e. The molecule has 0 spiro atoms. The van der Waals surface area contributed by atoms with Crippen LogP contribution in [0.1, 0.15) is 11.7 Å². The van der Waals surface area contributed by atoms with Crippen molar-refractivity contribution in [3.05, 3.63) is 23.9 Å². The van der Waals surface area contributed by atoms with Gasteiger partial charge in [0.2, 0.25) is 5.88 Å². The van der Waals surface area contributed by atoms with Gasteiger partial charge in [-0.3, -0.25) is 4.79 Å². The zero-order valence-corrected chi connectivity index (χ0v) is 7.10. The van der Waals surface area contributed by atoms with Crippen LogP contribution in [0.25, 0.3) is 0 Å². The molecule has 0 radical (unpaired) electrons. The van der Waals surface area contributed by atoms with Crippen molar-refractivity contribution in [3.8, 4) is 5.88 Å². The average molecular weight is 182 g/mol. The lowest BCUT2D eigenvalue weighted by Crippen LogP contribution is -2.21. The van der Waals surface area contributed by atoms with Crippen LogP contribution in [0.5, 0.6) is 5.88 Å². The van der Waals surface area contributed by atoms with Gasteiger partial charge >= 0.3 is 5.97 Å². The molecule has 0 saturated heterocycles. The Morgan fingerprint density at radius 1 is 1.69 bits per heavy atom. The topological polar surface area (TPSA) is 85.4 Å². The molecule has 1 atom stereocenters. The van der Waals surface area contributed by atoms with Crippen LogP contribution in [0.4, 0.5) is 0 Å². The fourth-order valence-corrected chi connectivity index (χ4v) is 0.844. The first kappa shape index (κ1) is 9.47. The fraction of sp³-hybridized carbons (Fsp3) is 0.250. The smallest absolute Gasteiger partial charge is 0.326 e. The number of nitrogens with two attached hydrogens (primary N) is 1. The highest BCUT2D eigenvalue weighted by Gasteiger charge is 2.15. The largest absolute Gasteiger partial charge is 0.481 e. The number of carbonyl (C=O) groups is 1. The van der Waals surface area contributed by atoms with Gasteiger partial charge < -0.3 is 15.6 Å². The van der Waals surface area contributed by atoms with Gasteiger partial charge in [0.1, 0.15) is 6.04 Å². The molecule has 0 aromatic carbocycles. The predicted molar refractivity (Wildman–Crippen MR) is 45.4 cm³/mol. The van der Waals surface area contributed by atoms with Gasteiger partial charge in [0.15, 0.2) is 0 Å². The van der Waals surface area contributed by atoms with Gasteiger partial charge in [0.05, 0.1) is 12.8 Å². The van der Waals surface area contributed by atoms with Crippen molar-refractivity contribution in [1.29, 1.82) is 0 Å². The van der Waals surface area contributed by atoms with Crippen LogP contribution in [0.2, 0.25) is 0 Å². The summed E-state index contributed by atoms with van der Waals surface area (Å²) >= 11 is 0. The Morgan fingerprint density at radius 2 is 2.38 bits per heavy atom. The Labute approximate surface area is 75.2 Å². The zero-order chi connectivity index (χ0) is 9.84. The van der Waals surface area contributed by atoms with Gasteiger partial charge in [-0.2, -0.15) is 0 Å². The number of hydrogen-bond acceptors (Lipinski definition) is 4. The third kappa shape index (κ3) is 2.16. The molecule has 0 unspecified atom stereocenters. The molecular formula is C8H10N2O3. The molecular weight excluding hydrogens is 172 g/mol. The fourth-order valence-electron chi connectivity index (χ4n) is 0.844. The molecule has 0 amide bonds. The van der Waals surface area contributed by atoms with E-state index in [-0.39, 0.29) is 5.69 Å². The summed E-state index contributed by atoms with van der Waals surface area (Å²) in [5.41, 5.74) is 5.63. The van der Waals surface area contributed by atoms with Crippen LogP contribution in [-0.2, 0) is 4.79 Å². The monoisotopic (exact) mass is 182 g/mol. The third-order valence-corrected chi connectivity index (χ3v) is 1.54. The van der Waals surface area contributed by atoms with Crippen molar-refractivity contribution in [2.24, 2.45) is 5.73 Å². The van der Waals surface area contributed by atoms with Gasteiger partial charge in [-0.15, -0.1) is 0 Å². The Bertz CT molecular complexity index is 314. The maximum absolute atomic E-state index is 10.5. The summed E-state index contributed by atoms with van der Waals surface area (Å²) in [6.07, 6.45) is 0. The van der Waals surface area contributed by atoms with Crippen molar-refractivity contribution in [3.63, 3.8) is 0 Å². The normalized spacial score (nSPS) is 12.2. The molecule has 0 bridgehead atoms. The SMILES string of the molecule is COc1cccc([C@H](N)C(=O)O)n1. The second-order valence-electron chi connectivity index (χ2n) is 2.42. The summed E-state index contributed by atoms with van der Waals surface area (Å²) in [6, 6.07) is 3.71. The molecule has 1 heterocycles. The molecule has 70 valence electrons. The zero-order valence-electron chi connectivity index (χ0n) is 7.10. The molecule has 5 heteroatoms. The summed E-state index contributed by atoms with van der Waals surface area (Å²) in [6.45, 7) is 0. The second-order valence-corrected chi connectivity index (χ2v) is 2.42. The Balaban J connectivity index is 2.94. The average Bonchev–Trinajstić information content (AvgIpc) is 2.16. The number of nitrogens with zero attached hydrogens (tertiary/aromatic N) is 1. The van der Waals surface area contributed by atoms with E-state index in [9.17, 15) is 4.79 Å². The van der Waals surface area contributed by atoms with Crippen LogP contribution < -0.4 is 10.5 Å². The number of aliphatic carboxylic acids is 1. The summed E-state index contributed by atoms with van der Waals surface area (Å²) < 4.78 is 4.83. The number of aromatic nitrogens is 1. The Morgan fingerprint density at radius 3 is 2.92 bits per heavy atom. The van der Waals surface area contributed by atoms with Gasteiger partial charge in [0.25, 0.3) is 0 Å². The van der Waals surface area contributed by atoms with E-state index in [4.69, 9.17) is 15.6 Å². The summed E-state index contributed by atoms with van der Waals surface area (Å²) in [5, 5.41) is 8.59. The first-order chi connectivity index (χ1) is 6.15. The number of rotatable bonds is 3. The second kappa shape index (κ2) is 3.86. The lowest BCUT2D eigenvalue weighted by atomic mass is 10.2. The molecule has 1 aromatic heterocycles. The Hall–Kier alpha value is -1.62. The number of methoxy groups -OCH3 is 1. The van der Waals surface area contributed by atoms with Crippen molar-refractivity contribution >= 4 is 5.97 Å². The van der Waals surface area contributed by atoms with Crippen molar-refractivity contribution in [2.75, 3.05) is 7.11 Å². The van der Waals surface area contributed by atoms with Gasteiger partial charge in [-0.25, -0.2) is 4.98 Å². The van der Waals surface area contributed by atoms with E-state index in [0.29, 0.717) is 5.88 Å². The van der Waals surface area contributed by atoms with E-state index in [1.807, 2.05) is 0 Å². The molecule has 0 aliphatic rings. The predicted octanol–water partition coefficient (Wildman–Crippen LogP) is 0.175. The van der Waals surface area contributed by atoms with Gasteiger partial charge in [0, 0.05) is 6.07 Å². The minimum atomic E-state index is -1.11. The molecule has 0 aliphatic carbocycles. The minimum absolute atomic E-state index is 0.284. The van der Waals surface area contributed by atoms with E-state index < -0.39 is 12.0 Å². The molecule has 0 saturated carbocycles. The summed E-state index contributed by atoms with van der Waals surface area (Å²) in [4.78, 5) is 14.4. The van der Waals surface area contributed by atoms with Crippen molar-refractivity contribution < 1.29 is 14.6 Å². The van der Waals surface area contributed by atoms with Crippen molar-refractivity contribution in [1.82, 2.24) is 4.98 Å². The molecule has 0 aliphatic heterocycles. The van der Waals surface area contributed by atoms with Crippen molar-refractivity contribution in [2.45, 2.75) is 6.04 Å². The number of carboxylic acids is 1. The molecule has 13 heavy (non-hydrogen) atoms. The van der Waals surface area contributed by atoms with E-state index in [1.165, 1.54) is 7.11 Å². The van der Waals surface area contributed by atoms with E-state index in [0.717, 1.165) is 0 Å². The number of pyridine rings is 1. The highest BCUT2D eigenvalue weighted by atomic mass is 16.5. The number of hydrogen-bond donors (Lipinski definition) is 2. The van der Waals surface area contributed by atoms with E-state index in [1.54, 1.807) is 18.2 Å². The van der Waals surface area contributed by atoms with Crippen LogP contribution in [0, 0.1) is 0 Å². The molecule has 0 fully saturated rings. The molecule has 5 nitrogen and oxygen atoms in total. The van der Waals surface area contributed by atoms with E-state index >= 15 is 0 Å². The maximum atomic E-state index is 10.5. The number of ether oxygens (including phenoxy) is 1. The quantitative estimate of drug-likeness (QED) is 0.696. The maximum Gasteiger partial charge on any atom is 0.326 e. The van der Waals surface area contributed by atoms with Crippen LogP contribution in [-0.4, -0.2) is 23.2 Å². The number of carboxylic acid groups (broad SMARTS) is 1. The van der Waals surface area contributed by atoms with Gasteiger partial charge in [-0.1, -0.05) is 6.07 Å². The lowest BCUT2D eigenvalue weighted by Gasteiger charge is -2.06. The summed E-state index contributed by atoms with van der Waals surface area (Å²) in [5.74, 6) is -0.755. The van der Waals surface area contributed by atoms with E-state index in [2.05, 4.69) is 4.98 Å².